The van der Waals surface area contributed by atoms with Crippen LogP contribution < -0.4 is 5.73 Å². The second-order valence-electron chi connectivity index (χ2n) is 3.40. The van der Waals surface area contributed by atoms with Gasteiger partial charge in [0, 0.05) is 22.9 Å². The maximum absolute atomic E-state index is 13.6. The molecule has 0 aliphatic heterocycles. The molecule has 82 valence electrons. The van der Waals surface area contributed by atoms with Crippen molar-refractivity contribution in [1.82, 2.24) is 0 Å². The molecule has 0 unspecified atom stereocenters. The molecule has 2 aromatic carbocycles. The number of hydrogen-bond acceptors (Lipinski definition) is 2. The van der Waals surface area contributed by atoms with Crippen molar-refractivity contribution in [2.75, 3.05) is 5.73 Å². The largest absolute Gasteiger partial charge is 0.508 e. The lowest BCUT2D eigenvalue weighted by Crippen LogP contribution is -1.88. The molecule has 16 heavy (non-hydrogen) atoms. The van der Waals surface area contributed by atoms with E-state index >= 15 is 0 Å². The standard InChI is InChI=1S/C12H9ClFNO/c13-11-5-7(15)1-3-9(11)10-4-2-8(16)6-12(10)14/h1-6,16H,15H2. The van der Waals surface area contributed by atoms with Gasteiger partial charge in [0.15, 0.2) is 0 Å². The molecule has 0 saturated carbocycles. The Morgan fingerprint density at radius 2 is 1.75 bits per heavy atom. The number of benzene rings is 2. The van der Waals surface area contributed by atoms with Crippen molar-refractivity contribution in [3.05, 3.63) is 47.2 Å². The topological polar surface area (TPSA) is 46.2 Å². The number of phenolic OH excluding ortho intramolecular Hbond substituents is 1. The Morgan fingerprint density at radius 1 is 1.06 bits per heavy atom. The molecule has 0 aliphatic carbocycles. The molecular formula is C12H9ClFNO. The van der Waals surface area contributed by atoms with Crippen LogP contribution in [0.5, 0.6) is 5.75 Å². The minimum atomic E-state index is -0.522. The van der Waals surface area contributed by atoms with Gasteiger partial charge in [0.05, 0.1) is 5.02 Å². The van der Waals surface area contributed by atoms with Crippen LogP contribution in [0.4, 0.5) is 10.1 Å². The zero-order valence-electron chi connectivity index (χ0n) is 8.24. The zero-order chi connectivity index (χ0) is 11.7. The van der Waals surface area contributed by atoms with E-state index in [1.807, 2.05) is 0 Å². The van der Waals surface area contributed by atoms with E-state index in [0.717, 1.165) is 6.07 Å². The molecule has 2 rings (SSSR count). The first-order valence-electron chi connectivity index (χ1n) is 4.62. The summed E-state index contributed by atoms with van der Waals surface area (Å²) in [7, 11) is 0. The molecule has 3 N–H and O–H groups in total. The molecule has 2 aromatic rings. The molecule has 0 saturated heterocycles. The number of anilines is 1. The first-order valence-corrected chi connectivity index (χ1v) is 4.99. The van der Waals surface area contributed by atoms with Crippen LogP contribution in [0.25, 0.3) is 11.1 Å². The number of hydrogen-bond donors (Lipinski definition) is 2. The van der Waals surface area contributed by atoms with E-state index in [4.69, 9.17) is 22.4 Å². The van der Waals surface area contributed by atoms with Crippen LogP contribution in [0, 0.1) is 5.82 Å². The fourth-order valence-electron chi connectivity index (χ4n) is 1.47. The predicted octanol–water partition coefficient (Wildman–Crippen LogP) is 3.43. The maximum Gasteiger partial charge on any atom is 0.134 e. The van der Waals surface area contributed by atoms with Crippen molar-refractivity contribution in [2.24, 2.45) is 0 Å². The van der Waals surface area contributed by atoms with Crippen molar-refractivity contribution in [2.45, 2.75) is 0 Å². The Balaban J connectivity index is 2.59. The summed E-state index contributed by atoms with van der Waals surface area (Å²) in [6, 6.07) is 8.78. The van der Waals surface area contributed by atoms with Crippen molar-refractivity contribution < 1.29 is 9.50 Å². The van der Waals surface area contributed by atoms with E-state index in [0.29, 0.717) is 21.8 Å². The number of phenols is 1. The fraction of sp³-hybridized carbons (Fsp3) is 0. The third-order valence-corrected chi connectivity index (χ3v) is 2.55. The smallest absolute Gasteiger partial charge is 0.134 e. The summed E-state index contributed by atoms with van der Waals surface area (Å²) >= 11 is 5.97. The van der Waals surface area contributed by atoms with E-state index in [1.54, 1.807) is 18.2 Å². The zero-order valence-corrected chi connectivity index (χ0v) is 9.00. The molecule has 4 heteroatoms. The number of nitrogen functional groups attached to an aromatic ring is 1. The summed E-state index contributed by atoms with van der Waals surface area (Å²) in [5, 5.41) is 9.48. The Bertz CT molecular complexity index is 493. The summed E-state index contributed by atoms with van der Waals surface area (Å²) in [6.07, 6.45) is 0. The molecule has 2 nitrogen and oxygen atoms in total. The number of nitrogens with two attached hydrogens (primary N) is 1. The highest BCUT2D eigenvalue weighted by Crippen LogP contribution is 2.32. The van der Waals surface area contributed by atoms with E-state index in [1.165, 1.54) is 12.1 Å². The molecule has 0 aromatic heterocycles. The van der Waals surface area contributed by atoms with E-state index < -0.39 is 5.82 Å². The predicted molar refractivity (Wildman–Crippen MR) is 62.9 cm³/mol. The third kappa shape index (κ3) is 1.95. The fourth-order valence-corrected chi connectivity index (χ4v) is 1.76. The molecule has 0 spiro atoms. The highest BCUT2D eigenvalue weighted by molar-refractivity contribution is 6.33. The second kappa shape index (κ2) is 4.02. The molecule has 0 fully saturated rings. The van der Waals surface area contributed by atoms with E-state index in [2.05, 4.69) is 0 Å². The summed E-state index contributed by atoms with van der Waals surface area (Å²) < 4.78 is 13.6. The van der Waals surface area contributed by atoms with Gasteiger partial charge in [0.25, 0.3) is 0 Å². The molecule has 0 heterocycles. The summed E-state index contributed by atoms with van der Waals surface area (Å²) in [5.74, 6) is -0.639. The molecule has 0 atom stereocenters. The first kappa shape index (κ1) is 10.8. The highest BCUT2D eigenvalue weighted by atomic mass is 35.5. The first-order chi connectivity index (χ1) is 7.58. The Labute approximate surface area is 97.1 Å². The van der Waals surface area contributed by atoms with Crippen molar-refractivity contribution in [3.8, 4) is 16.9 Å². The number of aromatic hydroxyl groups is 1. The van der Waals surface area contributed by atoms with Crippen LogP contribution in [0.15, 0.2) is 36.4 Å². The van der Waals surface area contributed by atoms with E-state index in [-0.39, 0.29) is 5.75 Å². The van der Waals surface area contributed by atoms with Crippen LogP contribution >= 0.6 is 11.6 Å². The Kier molecular flexibility index (Phi) is 2.71. The van der Waals surface area contributed by atoms with Crippen LogP contribution in [0.1, 0.15) is 0 Å². The van der Waals surface area contributed by atoms with Crippen molar-refractivity contribution >= 4 is 17.3 Å². The second-order valence-corrected chi connectivity index (χ2v) is 3.81. The van der Waals surface area contributed by atoms with Crippen LogP contribution in [-0.2, 0) is 0 Å². The monoisotopic (exact) mass is 237 g/mol. The highest BCUT2D eigenvalue weighted by Gasteiger charge is 2.09. The minimum absolute atomic E-state index is 0.118. The lowest BCUT2D eigenvalue weighted by molar-refractivity contribution is 0.469. The Morgan fingerprint density at radius 3 is 2.38 bits per heavy atom. The van der Waals surface area contributed by atoms with Gasteiger partial charge in [-0.1, -0.05) is 17.7 Å². The molecule has 0 aliphatic rings. The molecular weight excluding hydrogens is 229 g/mol. The van der Waals surface area contributed by atoms with Gasteiger partial charge in [0.2, 0.25) is 0 Å². The van der Waals surface area contributed by atoms with Gasteiger partial charge in [-0.05, 0) is 24.3 Å². The van der Waals surface area contributed by atoms with Gasteiger partial charge in [-0.15, -0.1) is 0 Å². The van der Waals surface area contributed by atoms with Crippen LogP contribution in [0.3, 0.4) is 0 Å². The van der Waals surface area contributed by atoms with Gasteiger partial charge in [-0.25, -0.2) is 4.39 Å². The molecule has 0 radical (unpaired) electrons. The van der Waals surface area contributed by atoms with Crippen molar-refractivity contribution in [1.29, 1.82) is 0 Å². The molecule has 0 bridgehead atoms. The average Bonchev–Trinajstić information content (AvgIpc) is 2.19. The lowest BCUT2D eigenvalue weighted by atomic mass is 10.0. The summed E-state index contributed by atoms with van der Waals surface area (Å²) in [6.45, 7) is 0. The van der Waals surface area contributed by atoms with Crippen LogP contribution in [-0.4, -0.2) is 5.11 Å². The van der Waals surface area contributed by atoms with Gasteiger partial charge < -0.3 is 10.8 Å². The number of halogens is 2. The third-order valence-electron chi connectivity index (χ3n) is 2.24. The van der Waals surface area contributed by atoms with Gasteiger partial charge in [-0.2, -0.15) is 0 Å². The SMILES string of the molecule is Nc1ccc(-c2ccc(O)cc2F)c(Cl)c1. The molecule has 0 amide bonds. The Hall–Kier alpha value is -1.74. The van der Waals surface area contributed by atoms with Gasteiger partial charge >= 0.3 is 0 Å². The summed E-state index contributed by atoms with van der Waals surface area (Å²) in [4.78, 5) is 0. The van der Waals surface area contributed by atoms with Gasteiger partial charge in [-0.3, -0.25) is 0 Å². The number of rotatable bonds is 1. The quantitative estimate of drug-likeness (QED) is 0.747. The van der Waals surface area contributed by atoms with E-state index in [9.17, 15) is 4.39 Å². The minimum Gasteiger partial charge on any atom is -0.508 e. The van der Waals surface area contributed by atoms with Gasteiger partial charge in [0.1, 0.15) is 11.6 Å². The van der Waals surface area contributed by atoms with Crippen molar-refractivity contribution in [3.63, 3.8) is 0 Å². The van der Waals surface area contributed by atoms with Crippen LogP contribution in [0.2, 0.25) is 5.02 Å². The lowest BCUT2D eigenvalue weighted by Gasteiger charge is -2.07. The normalized spacial score (nSPS) is 10.4. The summed E-state index contributed by atoms with van der Waals surface area (Å²) in [5.41, 5.74) is 6.96. The maximum atomic E-state index is 13.6. The average molecular weight is 238 g/mol.